The molecule has 0 bridgehead atoms. The fourth-order valence-corrected chi connectivity index (χ4v) is 2.14. The maximum Gasteiger partial charge on any atom is 0.412 e. The molecule has 1 N–H and O–H groups in total. The van der Waals surface area contributed by atoms with Crippen LogP contribution in [-0.2, 0) is 20.9 Å². The van der Waals surface area contributed by atoms with Crippen molar-refractivity contribution >= 4 is 18.1 Å². The summed E-state index contributed by atoms with van der Waals surface area (Å²) < 4.78 is 23.2. The fraction of sp³-hybridized carbons (Fsp3) is 0.158. The molecule has 1 amide bonds. The van der Waals surface area contributed by atoms with Gasteiger partial charge in [-0.15, -0.1) is 0 Å². The number of methoxy groups -OCH3 is 1. The van der Waals surface area contributed by atoms with Gasteiger partial charge in [0, 0.05) is 0 Å². The Hall–Kier alpha value is -3.15. The molecule has 2 aromatic carbocycles. The number of aryl methyl sites for hydroxylation is 1. The Morgan fingerprint density at radius 2 is 1.88 bits per heavy atom. The van der Waals surface area contributed by atoms with Gasteiger partial charge in [0.05, 0.1) is 7.11 Å². The van der Waals surface area contributed by atoms with E-state index in [0.29, 0.717) is 11.1 Å². The number of alkyl carbamates (subject to hydrolysis) is 1. The normalized spacial score (nSPS) is 10.9. The van der Waals surface area contributed by atoms with E-state index >= 15 is 0 Å². The smallest absolute Gasteiger partial charge is 0.412 e. The van der Waals surface area contributed by atoms with Crippen molar-refractivity contribution < 1.29 is 23.5 Å². The van der Waals surface area contributed by atoms with Crippen LogP contribution < -0.4 is 5.32 Å². The number of halogens is 1. The van der Waals surface area contributed by atoms with Crippen molar-refractivity contribution in [2.45, 2.75) is 13.5 Å². The van der Waals surface area contributed by atoms with E-state index in [2.05, 4.69) is 10.1 Å². The molecular formula is C19H18FNO4. The van der Waals surface area contributed by atoms with Crippen LogP contribution in [0.3, 0.4) is 0 Å². The van der Waals surface area contributed by atoms with E-state index in [1.807, 2.05) is 18.2 Å². The lowest BCUT2D eigenvalue weighted by Crippen LogP contribution is -2.28. The second-order valence-electron chi connectivity index (χ2n) is 5.30. The van der Waals surface area contributed by atoms with Crippen molar-refractivity contribution in [3.05, 3.63) is 76.7 Å². The molecule has 0 aliphatic heterocycles. The van der Waals surface area contributed by atoms with Gasteiger partial charge in [0.25, 0.3) is 0 Å². The van der Waals surface area contributed by atoms with Crippen LogP contribution in [0.5, 0.6) is 0 Å². The molecule has 5 nitrogen and oxygen atoms in total. The van der Waals surface area contributed by atoms with Gasteiger partial charge in [0.1, 0.15) is 18.1 Å². The predicted molar refractivity (Wildman–Crippen MR) is 90.9 cm³/mol. The molecule has 0 aliphatic carbocycles. The van der Waals surface area contributed by atoms with Crippen LogP contribution in [0.2, 0.25) is 0 Å². The summed E-state index contributed by atoms with van der Waals surface area (Å²) in [4.78, 5) is 23.8. The number of benzene rings is 2. The van der Waals surface area contributed by atoms with Crippen LogP contribution in [0.15, 0.2) is 54.2 Å². The molecule has 2 rings (SSSR count). The first-order valence-corrected chi connectivity index (χ1v) is 7.53. The van der Waals surface area contributed by atoms with Crippen molar-refractivity contribution in [2.75, 3.05) is 7.11 Å². The van der Waals surface area contributed by atoms with Crippen molar-refractivity contribution in [3.63, 3.8) is 0 Å². The molecule has 0 aromatic heterocycles. The largest absolute Gasteiger partial charge is 0.464 e. The van der Waals surface area contributed by atoms with E-state index in [-0.39, 0.29) is 12.3 Å². The number of rotatable bonds is 5. The Morgan fingerprint density at radius 1 is 1.16 bits per heavy atom. The number of nitrogens with one attached hydrogen (secondary N) is 1. The Kier molecular flexibility index (Phi) is 6.28. The van der Waals surface area contributed by atoms with E-state index < -0.39 is 17.9 Å². The first-order valence-electron chi connectivity index (χ1n) is 7.53. The number of esters is 1. The quantitative estimate of drug-likeness (QED) is 0.666. The Morgan fingerprint density at radius 3 is 2.52 bits per heavy atom. The zero-order valence-corrected chi connectivity index (χ0v) is 13.9. The van der Waals surface area contributed by atoms with Gasteiger partial charge in [-0.1, -0.05) is 36.4 Å². The molecule has 2 aromatic rings. The highest BCUT2D eigenvalue weighted by Crippen LogP contribution is 2.12. The zero-order chi connectivity index (χ0) is 18.2. The molecule has 6 heteroatoms. The number of carbonyl (C=O) groups is 2. The average molecular weight is 343 g/mol. The highest BCUT2D eigenvalue weighted by atomic mass is 19.1. The molecule has 0 unspecified atom stereocenters. The number of hydrogen-bond acceptors (Lipinski definition) is 4. The van der Waals surface area contributed by atoms with Gasteiger partial charge in [-0.3, -0.25) is 5.32 Å². The monoisotopic (exact) mass is 343 g/mol. The molecular weight excluding hydrogens is 325 g/mol. The molecule has 0 saturated carbocycles. The number of hydrogen-bond donors (Lipinski definition) is 1. The topological polar surface area (TPSA) is 64.6 Å². The molecule has 130 valence electrons. The molecule has 25 heavy (non-hydrogen) atoms. The maximum absolute atomic E-state index is 13.5. The van der Waals surface area contributed by atoms with Gasteiger partial charge in [0.15, 0.2) is 0 Å². The van der Waals surface area contributed by atoms with Crippen LogP contribution in [0.4, 0.5) is 9.18 Å². The molecule has 0 fully saturated rings. The average Bonchev–Trinajstić information content (AvgIpc) is 2.58. The highest BCUT2D eigenvalue weighted by molar-refractivity contribution is 5.96. The van der Waals surface area contributed by atoms with Gasteiger partial charge in [-0.2, -0.15) is 0 Å². The summed E-state index contributed by atoms with van der Waals surface area (Å²) in [6.07, 6.45) is 0.514. The van der Waals surface area contributed by atoms with E-state index in [9.17, 15) is 14.0 Å². The van der Waals surface area contributed by atoms with Gasteiger partial charge in [-0.25, -0.2) is 14.0 Å². The molecule has 0 radical (unpaired) electrons. The summed E-state index contributed by atoms with van der Waals surface area (Å²) >= 11 is 0. The van der Waals surface area contributed by atoms with Gasteiger partial charge >= 0.3 is 12.1 Å². The van der Waals surface area contributed by atoms with Crippen LogP contribution in [0, 0.1) is 12.7 Å². The van der Waals surface area contributed by atoms with Crippen LogP contribution in [0.25, 0.3) is 6.08 Å². The minimum atomic E-state index is -0.811. The first kappa shape index (κ1) is 18.2. The Balaban J connectivity index is 2.10. The van der Waals surface area contributed by atoms with Crippen LogP contribution in [0.1, 0.15) is 16.7 Å². The number of ether oxygens (including phenoxy) is 2. The second-order valence-corrected chi connectivity index (χ2v) is 5.30. The van der Waals surface area contributed by atoms with Gasteiger partial charge < -0.3 is 9.47 Å². The summed E-state index contributed by atoms with van der Waals surface area (Å²) in [6.45, 7) is 1.78. The van der Waals surface area contributed by atoms with E-state index in [4.69, 9.17) is 4.74 Å². The molecule has 0 spiro atoms. The van der Waals surface area contributed by atoms with Crippen molar-refractivity contribution in [3.8, 4) is 0 Å². The highest BCUT2D eigenvalue weighted by Gasteiger charge is 2.15. The lowest BCUT2D eigenvalue weighted by Gasteiger charge is -2.09. The third kappa shape index (κ3) is 5.76. The number of amides is 1. The van der Waals surface area contributed by atoms with Crippen LogP contribution >= 0.6 is 0 Å². The summed E-state index contributed by atoms with van der Waals surface area (Å²) in [7, 11) is 1.18. The fourth-order valence-electron chi connectivity index (χ4n) is 2.14. The van der Waals surface area contributed by atoms with E-state index in [1.165, 1.54) is 25.3 Å². The van der Waals surface area contributed by atoms with Gasteiger partial charge in [0.2, 0.25) is 0 Å². The van der Waals surface area contributed by atoms with Crippen molar-refractivity contribution in [2.24, 2.45) is 0 Å². The maximum atomic E-state index is 13.5. The minimum Gasteiger partial charge on any atom is -0.464 e. The predicted octanol–water partition coefficient (Wildman–Crippen LogP) is 3.57. The zero-order valence-electron chi connectivity index (χ0n) is 13.9. The molecule has 0 atom stereocenters. The molecule has 0 aliphatic rings. The summed E-state index contributed by atoms with van der Waals surface area (Å²) in [6, 6.07) is 13.4. The van der Waals surface area contributed by atoms with Crippen molar-refractivity contribution in [1.82, 2.24) is 5.32 Å². The number of carbonyl (C=O) groups excluding carboxylic acids is 2. The van der Waals surface area contributed by atoms with Crippen molar-refractivity contribution in [1.29, 1.82) is 0 Å². The Labute approximate surface area is 145 Å². The molecule has 0 heterocycles. The van der Waals surface area contributed by atoms with E-state index in [1.54, 1.807) is 25.1 Å². The third-order valence-corrected chi connectivity index (χ3v) is 3.23. The van der Waals surface area contributed by atoms with E-state index in [0.717, 1.165) is 5.56 Å². The second kappa shape index (κ2) is 8.63. The minimum absolute atomic E-state index is 0.0558. The Bertz CT molecular complexity index is 767. The van der Waals surface area contributed by atoms with Crippen LogP contribution in [-0.4, -0.2) is 19.2 Å². The standard InChI is InChI=1S/C19H18FNO4/c1-13-8-15(10-16(20)9-13)11-17(18(22)24-2)21-19(23)25-12-14-6-4-3-5-7-14/h3-11H,12H2,1-2H3,(H,21,23)/b17-11-. The molecule has 0 saturated heterocycles. The third-order valence-electron chi connectivity index (χ3n) is 3.23. The first-order chi connectivity index (χ1) is 12.0. The lowest BCUT2D eigenvalue weighted by atomic mass is 10.1. The summed E-state index contributed by atoms with van der Waals surface area (Å²) in [5.41, 5.74) is 1.76. The SMILES string of the molecule is COC(=O)/C(=C/c1cc(C)cc(F)c1)NC(=O)OCc1ccccc1. The summed E-state index contributed by atoms with van der Waals surface area (Å²) in [5.74, 6) is -1.21. The summed E-state index contributed by atoms with van der Waals surface area (Å²) in [5, 5.41) is 2.33. The van der Waals surface area contributed by atoms with Gasteiger partial charge in [-0.05, 0) is 41.8 Å². The lowest BCUT2D eigenvalue weighted by molar-refractivity contribution is -0.136.